The molecule has 4 aromatic rings. The van der Waals surface area contributed by atoms with E-state index in [-0.39, 0.29) is 87.4 Å². The molecule has 0 radical (unpaired) electrons. The number of methoxy groups -OCH3 is 4. The first-order valence-electron chi connectivity index (χ1n) is 24.3. The number of carbonyl (C=O) groups is 4. The van der Waals surface area contributed by atoms with E-state index in [0.717, 1.165) is 44.5 Å². The van der Waals surface area contributed by atoms with E-state index in [1.807, 2.05) is 24.3 Å². The number of fused-ring (bicyclic) bond motifs is 8. The third kappa shape index (κ3) is 15.0. The van der Waals surface area contributed by atoms with Crippen molar-refractivity contribution < 1.29 is 66.5 Å². The molecule has 392 valence electrons. The lowest BCUT2D eigenvalue weighted by Gasteiger charge is -2.27. The Morgan fingerprint density at radius 2 is 0.528 bits per heavy atom. The highest BCUT2D eigenvalue weighted by Gasteiger charge is 2.29. The molecule has 0 saturated heterocycles. The monoisotopic (exact) mass is 997 g/mol. The van der Waals surface area contributed by atoms with E-state index in [4.69, 9.17) is 47.4 Å². The van der Waals surface area contributed by atoms with Gasteiger partial charge in [0.2, 0.25) is 0 Å². The van der Waals surface area contributed by atoms with Gasteiger partial charge in [-0.05, 0) is 90.4 Å². The fourth-order valence-corrected chi connectivity index (χ4v) is 8.16. The summed E-state index contributed by atoms with van der Waals surface area (Å²) in [5.74, 6) is -0.547. The van der Waals surface area contributed by atoms with Crippen LogP contribution in [0.1, 0.15) is 150 Å². The number of carbonyl (C=O) groups excluding carboxylic acids is 4. The molecule has 0 aromatic heterocycles. The molecular formula is C58H76O14. The smallest absolute Gasteiger partial charge is 0.343 e. The Labute approximate surface area is 426 Å². The van der Waals surface area contributed by atoms with Gasteiger partial charge in [0, 0.05) is 35.1 Å². The zero-order valence-corrected chi connectivity index (χ0v) is 45.4. The molecule has 72 heavy (non-hydrogen) atoms. The lowest BCUT2D eigenvalue weighted by atomic mass is 9.82. The topological polar surface area (TPSA) is 161 Å². The Balaban J connectivity index is 1.90. The molecule has 0 aliphatic carbocycles. The second-order valence-electron chi connectivity index (χ2n) is 22.3. The quantitative estimate of drug-likeness (QED) is 0.0974. The van der Waals surface area contributed by atoms with E-state index < -0.39 is 23.9 Å². The molecule has 1 heterocycles. The molecule has 0 unspecified atom stereocenters. The summed E-state index contributed by atoms with van der Waals surface area (Å²) < 4.78 is 59.4. The number of esters is 4. The van der Waals surface area contributed by atoms with Crippen LogP contribution in [0.3, 0.4) is 0 Å². The minimum atomic E-state index is -0.567. The average molecular weight is 997 g/mol. The van der Waals surface area contributed by atoms with E-state index in [2.05, 4.69) is 107 Å². The van der Waals surface area contributed by atoms with Crippen LogP contribution in [0.5, 0.6) is 23.0 Å². The maximum absolute atomic E-state index is 12.8. The second-order valence-corrected chi connectivity index (χ2v) is 22.3. The number of rotatable bonds is 12. The van der Waals surface area contributed by atoms with Crippen LogP contribution < -0.4 is 18.9 Å². The minimum absolute atomic E-state index is 0.0360. The number of ether oxygens (including phenoxy) is 10. The number of benzene rings is 4. The Morgan fingerprint density at radius 1 is 0.347 bits per heavy atom. The zero-order valence-electron chi connectivity index (χ0n) is 45.4. The van der Waals surface area contributed by atoms with Gasteiger partial charge in [0.1, 0.15) is 23.0 Å². The molecule has 5 rings (SSSR count). The van der Waals surface area contributed by atoms with Crippen LogP contribution >= 0.6 is 0 Å². The van der Waals surface area contributed by atoms with Gasteiger partial charge in [-0.25, -0.2) is 19.2 Å². The van der Waals surface area contributed by atoms with Crippen molar-refractivity contribution in [2.45, 2.75) is 144 Å². The maximum Gasteiger partial charge on any atom is 0.343 e. The summed E-state index contributed by atoms with van der Waals surface area (Å²) in [6, 6.07) is 16.4. The van der Waals surface area contributed by atoms with Crippen LogP contribution in [-0.4, -0.2) is 78.7 Å². The molecule has 0 fully saturated rings. The van der Waals surface area contributed by atoms with E-state index in [9.17, 15) is 19.2 Å². The predicted molar refractivity (Wildman–Crippen MR) is 273 cm³/mol. The van der Waals surface area contributed by atoms with Gasteiger partial charge >= 0.3 is 23.9 Å². The van der Waals surface area contributed by atoms with Crippen LogP contribution in [0.2, 0.25) is 0 Å². The van der Waals surface area contributed by atoms with Crippen molar-refractivity contribution in [2.24, 2.45) is 0 Å². The SMILES string of the molecule is COC(=O)COc1c2cc(C(C)(C)C)cc1Cc1cc(C(C)(C)C)cc(c1OCC(=O)OC)COCc1cc(C(C)(C)C)cc(c1OCC(=O)OC)Cc1cc(C(C)(C)C)cc(c1OCC(=O)OC)COC2. The standard InChI is InChI=1S/C58H76O14/c1-55(2,3)43-19-35-17-36-20-44(56(4,5)6)25-41(52(36)70-32-48(60)64-14)29-68-30-42-26-46(58(10,11)12)22-38(54(42)72-34-50(62)66-16)18-37-21-45(57(7,8)9)24-40(53(37)71-33-49(61)65-15)28-67-27-39(23-43)51(35)69-31-47(59)63-13/h19-26H,17-18,27-34H2,1-16H3. The normalized spacial score (nSPS) is 13.6. The third-order valence-corrected chi connectivity index (χ3v) is 12.5. The zero-order chi connectivity index (χ0) is 53.3. The highest BCUT2D eigenvalue weighted by molar-refractivity contribution is 5.73. The van der Waals surface area contributed by atoms with E-state index in [0.29, 0.717) is 45.3 Å². The summed E-state index contributed by atoms with van der Waals surface area (Å²) in [6.45, 7) is 24.1. The molecule has 14 nitrogen and oxygen atoms in total. The van der Waals surface area contributed by atoms with Crippen LogP contribution in [-0.2, 0) is 109 Å². The van der Waals surface area contributed by atoms with Gasteiger partial charge in [0.05, 0.1) is 54.9 Å². The molecule has 1 aliphatic rings. The molecule has 14 heteroatoms. The van der Waals surface area contributed by atoms with Crippen molar-refractivity contribution in [2.75, 3.05) is 54.9 Å². The van der Waals surface area contributed by atoms with E-state index >= 15 is 0 Å². The third-order valence-electron chi connectivity index (χ3n) is 12.5. The van der Waals surface area contributed by atoms with Crippen molar-refractivity contribution in [1.82, 2.24) is 0 Å². The van der Waals surface area contributed by atoms with Gasteiger partial charge in [0.25, 0.3) is 0 Å². The predicted octanol–water partition coefficient (Wildman–Crippen LogP) is 10.0. The molecule has 8 bridgehead atoms. The van der Waals surface area contributed by atoms with Crippen LogP contribution in [0.25, 0.3) is 0 Å². The Kier molecular flexibility index (Phi) is 18.6. The van der Waals surface area contributed by atoms with Gasteiger partial charge in [-0.2, -0.15) is 0 Å². The summed E-state index contributed by atoms with van der Waals surface area (Å²) >= 11 is 0. The minimum Gasteiger partial charge on any atom is -0.481 e. The Bertz CT molecular complexity index is 2240. The molecular weight excluding hydrogens is 921 g/mol. The fourth-order valence-electron chi connectivity index (χ4n) is 8.16. The van der Waals surface area contributed by atoms with Crippen LogP contribution in [0.4, 0.5) is 0 Å². The lowest BCUT2D eigenvalue weighted by Crippen LogP contribution is -2.20. The maximum atomic E-state index is 12.8. The fraction of sp³-hybridized carbons (Fsp3) is 0.517. The van der Waals surface area contributed by atoms with Crippen LogP contribution in [0.15, 0.2) is 48.5 Å². The van der Waals surface area contributed by atoms with E-state index in [1.165, 1.54) is 28.4 Å². The first kappa shape index (κ1) is 56.8. The number of hydrogen-bond donors (Lipinski definition) is 0. The lowest BCUT2D eigenvalue weighted by molar-refractivity contribution is -0.143. The highest BCUT2D eigenvalue weighted by atomic mass is 16.6. The molecule has 0 amide bonds. The second kappa shape index (κ2) is 23.6. The van der Waals surface area contributed by atoms with Crippen LogP contribution in [0, 0.1) is 0 Å². The molecule has 0 N–H and O–H groups in total. The first-order chi connectivity index (χ1) is 33.7. The largest absolute Gasteiger partial charge is 0.481 e. The molecule has 4 aromatic carbocycles. The molecule has 0 saturated carbocycles. The van der Waals surface area contributed by atoms with Crippen molar-refractivity contribution in [3.63, 3.8) is 0 Å². The summed E-state index contributed by atoms with van der Waals surface area (Å²) in [4.78, 5) is 51.2. The molecule has 1 aliphatic heterocycles. The van der Waals surface area contributed by atoms with Crippen molar-refractivity contribution in [1.29, 1.82) is 0 Å². The van der Waals surface area contributed by atoms with E-state index in [1.54, 1.807) is 0 Å². The van der Waals surface area contributed by atoms with Gasteiger partial charge in [-0.3, -0.25) is 0 Å². The highest BCUT2D eigenvalue weighted by Crippen LogP contribution is 2.42. The van der Waals surface area contributed by atoms with Crippen molar-refractivity contribution >= 4 is 23.9 Å². The van der Waals surface area contributed by atoms with Gasteiger partial charge in [-0.1, -0.05) is 107 Å². The van der Waals surface area contributed by atoms with Gasteiger partial charge in [-0.15, -0.1) is 0 Å². The average Bonchev–Trinajstić information content (AvgIpc) is 3.30. The summed E-state index contributed by atoms with van der Waals surface area (Å²) in [6.07, 6.45) is 0.484. The molecule has 0 spiro atoms. The summed E-state index contributed by atoms with van der Waals surface area (Å²) in [5, 5.41) is 0. The first-order valence-corrected chi connectivity index (χ1v) is 24.3. The van der Waals surface area contributed by atoms with Crippen molar-refractivity contribution in [3.05, 3.63) is 115 Å². The summed E-state index contributed by atoms with van der Waals surface area (Å²) in [7, 11) is 5.23. The summed E-state index contributed by atoms with van der Waals surface area (Å²) in [5.41, 5.74) is 8.18. The van der Waals surface area contributed by atoms with Crippen molar-refractivity contribution in [3.8, 4) is 23.0 Å². The Morgan fingerprint density at radius 3 is 0.694 bits per heavy atom. The van der Waals surface area contributed by atoms with Gasteiger partial charge < -0.3 is 47.4 Å². The van der Waals surface area contributed by atoms with Gasteiger partial charge in [0.15, 0.2) is 26.4 Å². The molecule has 0 atom stereocenters. The number of hydrogen-bond acceptors (Lipinski definition) is 14. The Hall–Kier alpha value is -6.12.